The predicted molar refractivity (Wildman–Crippen MR) is 120 cm³/mol. The van der Waals surface area contributed by atoms with Crippen molar-refractivity contribution >= 4 is 39.2 Å². The van der Waals surface area contributed by atoms with E-state index in [1.54, 1.807) is 6.92 Å². The number of hydrogen-bond donors (Lipinski definition) is 2. The number of carbonyl (C=O) groups is 2. The van der Waals surface area contributed by atoms with Crippen molar-refractivity contribution in [2.45, 2.75) is 13.5 Å². The van der Waals surface area contributed by atoms with Crippen LogP contribution in [0.25, 0.3) is 21.3 Å². The SMILES string of the molecule is COC(=O)c1nc(NC(=O)Cn2c(C)nc3ccc(O)cc3c2=O)sc1-c1ccc(F)cc1. The zero-order chi connectivity index (χ0) is 23.7. The third kappa shape index (κ3) is 4.44. The third-order valence-corrected chi connectivity index (χ3v) is 5.81. The van der Waals surface area contributed by atoms with E-state index in [-0.39, 0.29) is 28.5 Å². The van der Waals surface area contributed by atoms with Gasteiger partial charge in [0.05, 0.1) is 22.9 Å². The number of methoxy groups -OCH3 is 1. The Morgan fingerprint density at radius 1 is 1.18 bits per heavy atom. The number of ether oxygens (including phenoxy) is 1. The minimum absolute atomic E-state index is 0.0272. The van der Waals surface area contributed by atoms with Crippen LogP contribution in [0.1, 0.15) is 16.3 Å². The number of carbonyl (C=O) groups excluding carboxylic acids is 2. The Labute approximate surface area is 190 Å². The standard InChI is InChI=1S/C22H17FN4O5S/c1-11-24-16-8-7-14(28)9-15(16)20(30)27(11)10-17(29)25-22-26-18(21(31)32-2)19(33-22)12-3-5-13(23)6-4-12/h3-9,28H,10H2,1-2H3,(H,25,26,29). The summed E-state index contributed by atoms with van der Waals surface area (Å²) in [6.45, 7) is 1.23. The summed E-state index contributed by atoms with van der Waals surface area (Å²) in [5.41, 5.74) is 0.421. The zero-order valence-electron chi connectivity index (χ0n) is 17.5. The maximum Gasteiger partial charge on any atom is 0.358 e. The number of benzene rings is 2. The van der Waals surface area contributed by atoms with Gasteiger partial charge in [-0.3, -0.25) is 14.2 Å². The predicted octanol–water partition coefficient (Wildman–Crippen LogP) is 3.10. The molecule has 168 valence electrons. The van der Waals surface area contributed by atoms with E-state index in [4.69, 9.17) is 4.74 Å². The number of rotatable bonds is 5. The first-order chi connectivity index (χ1) is 15.8. The monoisotopic (exact) mass is 468 g/mol. The molecule has 11 heteroatoms. The fourth-order valence-corrected chi connectivity index (χ4v) is 4.19. The van der Waals surface area contributed by atoms with Gasteiger partial charge in [-0.2, -0.15) is 0 Å². The number of anilines is 1. The first kappa shape index (κ1) is 22.1. The lowest BCUT2D eigenvalue weighted by molar-refractivity contribution is -0.116. The molecular weight excluding hydrogens is 451 g/mol. The second-order valence-electron chi connectivity index (χ2n) is 7.00. The number of aryl methyl sites for hydroxylation is 1. The summed E-state index contributed by atoms with van der Waals surface area (Å²) in [6, 6.07) is 9.69. The van der Waals surface area contributed by atoms with Crippen LogP contribution >= 0.6 is 11.3 Å². The smallest absolute Gasteiger partial charge is 0.358 e. The molecule has 0 spiro atoms. The van der Waals surface area contributed by atoms with Crippen molar-refractivity contribution in [2.75, 3.05) is 12.4 Å². The van der Waals surface area contributed by atoms with Gasteiger partial charge in [-0.1, -0.05) is 23.5 Å². The van der Waals surface area contributed by atoms with Crippen LogP contribution in [-0.2, 0) is 16.1 Å². The highest BCUT2D eigenvalue weighted by Crippen LogP contribution is 2.33. The number of hydrogen-bond acceptors (Lipinski definition) is 8. The molecule has 9 nitrogen and oxygen atoms in total. The largest absolute Gasteiger partial charge is 0.508 e. The van der Waals surface area contributed by atoms with Crippen LogP contribution in [0, 0.1) is 12.7 Å². The van der Waals surface area contributed by atoms with Crippen molar-refractivity contribution in [2.24, 2.45) is 0 Å². The minimum Gasteiger partial charge on any atom is -0.508 e. The Balaban J connectivity index is 1.63. The Hall–Kier alpha value is -4.12. The lowest BCUT2D eigenvalue weighted by atomic mass is 10.1. The van der Waals surface area contributed by atoms with Crippen LogP contribution in [0.15, 0.2) is 47.3 Å². The van der Waals surface area contributed by atoms with E-state index < -0.39 is 23.3 Å². The van der Waals surface area contributed by atoms with Crippen LogP contribution in [-0.4, -0.2) is 38.6 Å². The maximum absolute atomic E-state index is 13.3. The minimum atomic E-state index is -0.711. The number of esters is 1. The van der Waals surface area contributed by atoms with Gasteiger partial charge in [0, 0.05) is 0 Å². The molecule has 1 amide bonds. The highest BCUT2D eigenvalue weighted by atomic mass is 32.1. The first-order valence-electron chi connectivity index (χ1n) is 9.62. The summed E-state index contributed by atoms with van der Waals surface area (Å²) in [6.07, 6.45) is 0. The fourth-order valence-electron chi connectivity index (χ4n) is 3.21. The number of phenols is 1. The number of nitrogens with one attached hydrogen (secondary N) is 1. The molecule has 0 aliphatic heterocycles. The van der Waals surface area contributed by atoms with Gasteiger partial charge >= 0.3 is 5.97 Å². The van der Waals surface area contributed by atoms with Crippen LogP contribution in [0.2, 0.25) is 0 Å². The summed E-state index contributed by atoms with van der Waals surface area (Å²) in [5.74, 6) is -1.49. The molecule has 4 rings (SSSR count). The van der Waals surface area contributed by atoms with Crippen LogP contribution in [0.5, 0.6) is 5.75 Å². The number of fused-ring (bicyclic) bond motifs is 1. The molecule has 0 atom stereocenters. The molecule has 0 bridgehead atoms. The van der Waals surface area contributed by atoms with Crippen molar-refractivity contribution in [3.63, 3.8) is 0 Å². The van der Waals surface area contributed by atoms with E-state index in [1.807, 2.05) is 0 Å². The number of phenolic OH excluding ortho intramolecular Hbond substituents is 1. The normalized spacial score (nSPS) is 10.9. The van der Waals surface area contributed by atoms with Gasteiger partial charge in [-0.15, -0.1) is 0 Å². The molecule has 2 heterocycles. The second kappa shape index (κ2) is 8.79. The van der Waals surface area contributed by atoms with Gasteiger partial charge in [0.1, 0.15) is 23.9 Å². The second-order valence-corrected chi connectivity index (χ2v) is 7.99. The number of aromatic nitrogens is 3. The summed E-state index contributed by atoms with van der Waals surface area (Å²) in [7, 11) is 1.20. The van der Waals surface area contributed by atoms with Crippen molar-refractivity contribution in [1.82, 2.24) is 14.5 Å². The van der Waals surface area contributed by atoms with Gasteiger partial charge in [0.2, 0.25) is 5.91 Å². The molecule has 2 aromatic carbocycles. The van der Waals surface area contributed by atoms with E-state index in [1.165, 1.54) is 54.1 Å². The number of aromatic hydroxyl groups is 1. The fraction of sp³-hybridized carbons (Fsp3) is 0.136. The van der Waals surface area contributed by atoms with Crippen molar-refractivity contribution < 1.29 is 23.8 Å². The molecule has 0 aliphatic carbocycles. The molecular formula is C22H17FN4O5S. The quantitative estimate of drug-likeness (QED) is 0.432. The summed E-state index contributed by atoms with van der Waals surface area (Å²) < 4.78 is 19.2. The summed E-state index contributed by atoms with van der Waals surface area (Å²) >= 11 is 1.01. The Morgan fingerprint density at radius 2 is 1.91 bits per heavy atom. The molecule has 0 saturated heterocycles. The van der Waals surface area contributed by atoms with E-state index in [0.717, 1.165) is 11.3 Å². The molecule has 0 radical (unpaired) electrons. The van der Waals surface area contributed by atoms with E-state index in [0.29, 0.717) is 21.8 Å². The van der Waals surface area contributed by atoms with E-state index in [9.17, 15) is 23.9 Å². The Bertz CT molecular complexity index is 1450. The number of thiazole rings is 1. The van der Waals surface area contributed by atoms with Gasteiger partial charge in [0.25, 0.3) is 5.56 Å². The number of amides is 1. The third-order valence-electron chi connectivity index (χ3n) is 4.79. The summed E-state index contributed by atoms with van der Waals surface area (Å²) in [4.78, 5) is 46.5. The van der Waals surface area contributed by atoms with Crippen LogP contribution in [0.4, 0.5) is 9.52 Å². The molecule has 0 fully saturated rings. The van der Waals surface area contributed by atoms with Gasteiger partial charge in [-0.25, -0.2) is 19.2 Å². The van der Waals surface area contributed by atoms with Gasteiger partial charge in [0.15, 0.2) is 10.8 Å². The Kier molecular flexibility index (Phi) is 5.88. The molecule has 0 aliphatic rings. The van der Waals surface area contributed by atoms with Crippen LogP contribution < -0.4 is 10.9 Å². The molecule has 4 aromatic rings. The van der Waals surface area contributed by atoms with Crippen molar-refractivity contribution in [3.8, 4) is 16.2 Å². The van der Waals surface area contributed by atoms with Crippen LogP contribution in [0.3, 0.4) is 0 Å². The highest BCUT2D eigenvalue weighted by Gasteiger charge is 2.22. The van der Waals surface area contributed by atoms with E-state index >= 15 is 0 Å². The van der Waals surface area contributed by atoms with Crippen molar-refractivity contribution in [3.05, 3.63) is 70.2 Å². The van der Waals surface area contributed by atoms with Crippen molar-refractivity contribution in [1.29, 1.82) is 0 Å². The number of halogens is 1. The number of nitrogens with zero attached hydrogens (tertiary/aromatic N) is 3. The molecule has 0 saturated carbocycles. The van der Waals surface area contributed by atoms with Gasteiger partial charge < -0.3 is 15.2 Å². The highest BCUT2D eigenvalue weighted by molar-refractivity contribution is 7.19. The maximum atomic E-state index is 13.3. The Morgan fingerprint density at radius 3 is 2.61 bits per heavy atom. The molecule has 33 heavy (non-hydrogen) atoms. The molecule has 0 unspecified atom stereocenters. The average Bonchev–Trinajstić information content (AvgIpc) is 3.20. The lowest BCUT2D eigenvalue weighted by Gasteiger charge is -2.10. The zero-order valence-corrected chi connectivity index (χ0v) is 18.3. The van der Waals surface area contributed by atoms with Gasteiger partial charge in [-0.05, 0) is 42.8 Å². The summed E-state index contributed by atoms with van der Waals surface area (Å²) in [5, 5.41) is 12.5. The topological polar surface area (TPSA) is 123 Å². The van der Waals surface area contributed by atoms with E-state index in [2.05, 4.69) is 15.3 Å². The lowest BCUT2D eigenvalue weighted by Crippen LogP contribution is -2.30. The molecule has 2 N–H and O–H groups in total. The average molecular weight is 468 g/mol. The molecule has 2 aromatic heterocycles. The first-order valence-corrected chi connectivity index (χ1v) is 10.4.